The Hall–Kier alpha value is -1.28. The number of amides is 2. The first-order valence-corrected chi connectivity index (χ1v) is 7.94. The van der Waals surface area contributed by atoms with Crippen LogP contribution < -0.4 is 10.6 Å². The van der Waals surface area contributed by atoms with E-state index in [4.69, 9.17) is 9.84 Å². The van der Waals surface area contributed by atoms with Gasteiger partial charge >= 0.3 is 5.97 Å². The summed E-state index contributed by atoms with van der Waals surface area (Å²) in [6.45, 7) is 6.27. The normalized spacial score (nSPS) is 12.0. The van der Waals surface area contributed by atoms with Crippen LogP contribution in [-0.2, 0) is 19.1 Å². The molecule has 0 aromatic carbocycles. The molecule has 0 unspecified atom stereocenters. The number of hydrogen-bond acceptors (Lipinski definition) is 5. The van der Waals surface area contributed by atoms with E-state index in [1.165, 1.54) is 18.7 Å². The summed E-state index contributed by atoms with van der Waals surface area (Å²) in [4.78, 5) is 33.2. The highest BCUT2D eigenvalue weighted by Crippen LogP contribution is 2.03. The third kappa shape index (κ3) is 12.2. The Kier molecular flexibility index (Phi) is 10.7. The number of rotatable bonds is 11. The molecule has 0 aliphatic carbocycles. The number of nitrogens with one attached hydrogen (secondary N) is 2. The molecule has 0 spiro atoms. The van der Waals surface area contributed by atoms with Crippen molar-refractivity contribution in [1.29, 1.82) is 0 Å². The monoisotopic (exact) mass is 320 g/mol. The van der Waals surface area contributed by atoms with E-state index in [0.717, 1.165) is 6.42 Å². The number of thioether (sulfide) groups is 1. The van der Waals surface area contributed by atoms with Crippen molar-refractivity contribution < 1.29 is 24.2 Å². The molecule has 0 radical (unpaired) electrons. The van der Waals surface area contributed by atoms with Crippen molar-refractivity contribution in [2.24, 2.45) is 0 Å². The third-order valence-corrected chi connectivity index (χ3v) is 3.32. The molecule has 7 nitrogen and oxygen atoms in total. The standard InChI is InChI=1S/C13H24N2O5S/c1-9(2)20-6-4-5-14-12(17)8-21-7-11(13(18)19)15-10(3)16/h9,11H,4-8H2,1-3H3,(H,14,17)(H,15,16)(H,18,19)/t11-/m0/s1. The molecule has 21 heavy (non-hydrogen) atoms. The summed E-state index contributed by atoms with van der Waals surface area (Å²) < 4.78 is 5.34. The molecule has 0 bridgehead atoms. The Morgan fingerprint density at radius 1 is 1.29 bits per heavy atom. The Balaban J connectivity index is 3.72. The average molecular weight is 320 g/mol. The summed E-state index contributed by atoms with van der Waals surface area (Å²) in [6.07, 6.45) is 0.913. The molecule has 1 atom stereocenters. The molecule has 2 amide bonds. The van der Waals surface area contributed by atoms with Crippen LogP contribution in [0.3, 0.4) is 0 Å². The van der Waals surface area contributed by atoms with E-state index in [-0.39, 0.29) is 23.5 Å². The minimum absolute atomic E-state index is 0.152. The van der Waals surface area contributed by atoms with Gasteiger partial charge in [0.1, 0.15) is 6.04 Å². The Bertz CT molecular complexity index is 349. The molecule has 0 aliphatic heterocycles. The average Bonchev–Trinajstić information content (AvgIpc) is 2.36. The molecule has 8 heteroatoms. The lowest BCUT2D eigenvalue weighted by molar-refractivity contribution is -0.140. The van der Waals surface area contributed by atoms with Gasteiger partial charge in [0.05, 0.1) is 11.9 Å². The molecule has 0 aromatic heterocycles. The van der Waals surface area contributed by atoms with Gasteiger partial charge in [0.15, 0.2) is 0 Å². The van der Waals surface area contributed by atoms with Gasteiger partial charge in [-0.15, -0.1) is 11.8 Å². The second kappa shape index (κ2) is 11.4. The number of carbonyl (C=O) groups is 3. The fourth-order valence-corrected chi connectivity index (χ4v) is 2.23. The van der Waals surface area contributed by atoms with Gasteiger partial charge in [0.25, 0.3) is 0 Å². The smallest absolute Gasteiger partial charge is 0.327 e. The van der Waals surface area contributed by atoms with Gasteiger partial charge in [-0.2, -0.15) is 0 Å². The van der Waals surface area contributed by atoms with Crippen molar-refractivity contribution >= 4 is 29.5 Å². The van der Waals surface area contributed by atoms with Crippen molar-refractivity contribution in [3.05, 3.63) is 0 Å². The first-order chi connectivity index (χ1) is 9.82. The molecule has 0 aromatic rings. The van der Waals surface area contributed by atoms with Crippen LogP contribution in [0.1, 0.15) is 27.2 Å². The molecule has 122 valence electrons. The first kappa shape index (κ1) is 19.7. The van der Waals surface area contributed by atoms with Crippen LogP contribution in [-0.4, -0.2) is 59.7 Å². The minimum atomic E-state index is -1.11. The van der Waals surface area contributed by atoms with E-state index < -0.39 is 17.9 Å². The summed E-state index contributed by atoms with van der Waals surface area (Å²) in [6, 6.07) is -0.972. The molecular weight excluding hydrogens is 296 g/mol. The van der Waals surface area contributed by atoms with Gasteiger partial charge in [-0.25, -0.2) is 4.79 Å². The molecule has 0 saturated heterocycles. The van der Waals surface area contributed by atoms with E-state index in [9.17, 15) is 14.4 Å². The molecule has 0 heterocycles. The van der Waals surface area contributed by atoms with Crippen LogP contribution >= 0.6 is 11.8 Å². The Morgan fingerprint density at radius 3 is 2.48 bits per heavy atom. The summed E-state index contributed by atoms with van der Waals surface area (Å²) in [5.74, 6) is -1.36. The fraction of sp³-hybridized carbons (Fsp3) is 0.769. The van der Waals surface area contributed by atoms with Gasteiger partial charge in [0, 0.05) is 25.8 Å². The SMILES string of the molecule is CC(=O)N[C@@H](CSCC(=O)NCCCOC(C)C)C(=O)O. The number of ether oxygens (including phenoxy) is 1. The number of aliphatic carboxylic acids is 1. The Labute approximate surface area is 129 Å². The lowest BCUT2D eigenvalue weighted by Crippen LogP contribution is -2.41. The van der Waals surface area contributed by atoms with Crippen LogP contribution in [0.15, 0.2) is 0 Å². The van der Waals surface area contributed by atoms with Crippen LogP contribution in [0.4, 0.5) is 0 Å². The summed E-state index contributed by atoms with van der Waals surface area (Å²) in [5.41, 5.74) is 0. The predicted molar refractivity (Wildman–Crippen MR) is 81.3 cm³/mol. The van der Waals surface area contributed by atoms with Crippen LogP contribution in [0.5, 0.6) is 0 Å². The van der Waals surface area contributed by atoms with Gasteiger partial charge in [-0.1, -0.05) is 0 Å². The lowest BCUT2D eigenvalue weighted by Gasteiger charge is -2.12. The summed E-state index contributed by atoms with van der Waals surface area (Å²) >= 11 is 1.17. The van der Waals surface area contributed by atoms with Crippen LogP contribution in [0, 0.1) is 0 Å². The zero-order chi connectivity index (χ0) is 16.3. The number of carbonyl (C=O) groups excluding carboxylic acids is 2. The molecule has 0 saturated carbocycles. The lowest BCUT2D eigenvalue weighted by atomic mass is 10.3. The van der Waals surface area contributed by atoms with E-state index in [1.807, 2.05) is 13.8 Å². The van der Waals surface area contributed by atoms with E-state index in [2.05, 4.69) is 10.6 Å². The van der Waals surface area contributed by atoms with Gasteiger partial charge in [-0.3, -0.25) is 9.59 Å². The highest BCUT2D eigenvalue weighted by Gasteiger charge is 2.18. The molecular formula is C13H24N2O5S. The Morgan fingerprint density at radius 2 is 1.95 bits per heavy atom. The second-order valence-corrected chi connectivity index (χ2v) is 5.76. The second-order valence-electron chi connectivity index (χ2n) is 4.73. The first-order valence-electron chi connectivity index (χ1n) is 6.79. The van der Waals surface area contributed by atoms with E-state index >= 15 is 0 Å². The quantitative estimate of drug-likeness (QED) is 0.471. The van der Waals surface area contributed by atoms with Crippen molar-refractivity contribution in [1.82, 2.24) is 10.6 Å². The zero-order valence-electron chi connectivity index (χ0n) is 12.7. The van der Waals surface area contributed by atoms with E-state index in [1.54, 1.807) is 0 Å². The maximum Gasteiger partial charge on any atom is 0.327 e. The zero-order valence-corrected chi connectivity index (χ0v) is 13.5. The van der Waals surface area contributed by atoms with Crippen LogP contribution in [0.25, 0.3) is 0 Å². The molecule has 0 rings (SSSR count). The molecule has 0 aliphatic rings. The van der Waals surface area contributed by atoms with Gasteiger partial charge in [0.2, 0.25) is 11.8 Å². The van der Waals surface area contributed by atoms with Gasteiger partial charge in [-0.05, 0) is 20.3 Å². The third-order valence-electron chi connectivity index (χ3n) is 2.29. The van der Waals surface area contributed by atoms with Crippen molar-refractivity contribution in [3.8, 4) is 0 Å². The predicted octanol–water partition coefficient (Wildman–Crippen LogP) is 0.240. The van der Waals surface area contributed by atoms with Gasteiger partial charge < -0.3 is 20.5 Å². The maximum absolute atomic E-state index is 11.5. The highest BCUT2D eigenvalue weighted by molar-refractivity contribution is 8.00. The topological polar surface area (TPSA) is 105 Å². The van der Waals surface area contributed by atoms with Crippen LogP contribution in [0.2, 0.25) is 0 Å². The van der Waals surface area contributed by atoms with E-state index in [0.29, 0.717) is 13.2 Å². The summed E-state index contributed by atoms with van der Waals surface area (Å²) in [7, 11) is 0. The molecule has 3 N–H and O–H groups in total. The fourth-order valence-electron chi connectivity index (χ4n) is 1.36. The summed E-state index contributed by atoms with van der Waals surface area (Å²) in [5, 5.41) is 13.9. The highest BCUT2D eigenvalue weighted by atomic mass is 32.2. The number of hydrogen-bond donors (Lipinski definition) is 3. The minimum Gasteiger partial charge on any atom is -0.480 e. The maximum atomic E-state index is 11.5. The number of carboxylic acids is 1. The van der Waals surface area contributed by atoms with Crippen molar-refractivity contribution in [2.45, 2.75) is 39.3 Å². The van der Waals surface area contributed by atoms with Crippen molar-refractivity contribution in [3.63, 3.8) is 0 Å². The number of carboxylic acid groups (broad SMARTS) is 1. The largest absolute Gasteiger partial charge is 0.480 e. The van der Waals surface area contributed by atoms with Crippen molar-refractivity contribution in [2.75, 3.05) is 24.7 Å². The molecule has 0 fully saturated rings.